The number of imidazole rings is 1. The second-order valence-electron chi connectivity index (χ2n) is 7.25. The van der Waals surface area contributed by atoms with Gasteiger partial charge >= 0.3 is 0 Å². The minimum absolute atomic E-state index is 0.160. The fourth-order valence-electron chi connectivity index (χ4n) is 3.34. The predicted octanol–water partition coefficient (Wildman–Crippen LogP) is 4.95. The van der Waals surface area contributed by atoms with E-state index in [1.807, 2.05) is 66.9 Å². The number of sulfonamides is 1. The molecule has 0 atom stereocenters. The lowest BCUT2D eigenvalue weighted by Gasteiger charge is -2.12. The van der Waals surface area contributed by atoms with Crippen LogP contribution in [0.15, 0.2) is 71.6 Å². The van der Waals surface area contributed by atoms with Gasteiger partial charge in [-0.15, -0.1) is 0 Å². The van der Waals surface area contributed by atoms with Crippen molar-refractivity contribution in [2.45, 2.75) is 25.3 Å². The Hall–Kier alpha value is -2.67. The molecule has 1 heterocycles. The summed E-state index contributed by atoms with van der Waals surface area (Å²) in [4.78, 5) is 4.94. The molecule has 1 N–H and O–H groups in total. The quantitative estimate of drug-likeness (QED) is 0.462. The largest absolute Gasteiger partial charge is 0.323 e. The van der Waals surface area contributed by atoms with Crippen molar-refractivity contribution in [3.05, 3.63) is 82.9 Å². The fraction of sp³-hybridized carbons (Fsp3) is 0.174. The summed E-state index contributed by atoms with van der Waals surface area (Å²) >= 11 is 6.10. The van der Waals surface area contributed by atoms with Crippen LogP contribution in [0, 0.1) is 13.8 Å². The first-order chi connectivity index (χ1) is 14.3. The van der Waals surface area contributed by atoms with Crippen molar-refractivity contribution in [3.63, 3.8) is 0 Å². The number of nitrogens with zero attached hydrogens (tertiary/aromatic N) is 2. The van der Waals surface area contributed by atoms with Gasteiger partial charge < -0.3 is 4.57 Å². The van der Waals surface area contributed by atoms with Crippen LogP contribution in [-0.2, 0) is 16.6 Å². The molecule has 0 saturated carbocycles. The molecule has 0 bridgehead atoms. The van der Waals surface area contributed by atoms with Gasteiger partial charge in [-0.2, -0.15) is 0 Å². The molecule has 4 rings (SSSR count). The lowest BCUT2D eigenvalue weighted by molar-refractivity contribution is 0.574. The molecule has 3 aromatic carbocycles. The van der Waals surface area contributed by atoms with E-state index in [-0.39, 0.29) is 11.4 Å². The second-order valence-corrected chi connectivity index (χ2v) is 9.42. The van der Waals surface area contributed by atoms with E-state index in [1.165, 1.54) is 11.6 Å². The summed E-state index contributed by atoms with van der Waals surface area (Å²) in [6.07, 6.45) is 0. The summed E-state index contributed by atoms with van der Waals surface area (Å²) in [5.41, 5.74) is 4.84. The molecule has 0 radical (unpaired) electrons. The third-order valence-electron chi connectivity index (χ3n) is 5.05. The number of hydrogen-bond donors (Lipinski definition) is 1. The molecular weight excluding hydrogens is 418 g/mol. The maximum absolute atomic E-state index is 12.7. The van der Waals surface area contributed by atoms with E-state index in [2.05, 4.69) is 4.72 Å². The van der Waals surface area contributed by atoms with E-state index in [1.54, 1.807) is 12.1 Å². The van der Waals surface area contributed by atoms with E-state index in [4.69, 9.17) is 16.6 Å². The van der Waals surface area contributed by atoms with Gasteiger partial charge in [-0.25, -0.2) is 18.1 Å². The minimum atomic E-state index is -3.66. The van der Waals surface area contributed by atoms with E-state index < -0.39 is 10.0 Å². The van der Waals surface area contributed by atoms with E-state index in [9.17, 15) is 8.42 Å². The van der Waals surface area contributed by atoms with Crippen LogP contribution in [0.4, 0.5) is 0 Å². The maximum Gasteiger partial charge on any atom is 0.240 e. The van der Waals surface area contributed by atoms with Crippen LogP contribution in [0.5, 0.6) is 0 Å². The minimum Gasteiger partial charge on any atom is -0.323 e. The highest BCUT2D eigenvalue weighted by molar-refractivity contribution is 7.89. The first kappa shape index (κ1) is 20.6. The molecule has 0 aliphatic rings. The topological polar surface area (TPSA) is 64.0 Å². The molecule has 4 aromatic rings. The summed E-state index contributed by atoms with van der Waals surface area (Å²) in [6.45, 7) is 4.55. The molecule has 0 saturated heterocycles. The van der Waals surface area contributed by atoms with Crippen LogP contribution >= 0.6 is 11.6 Å². The molecule has 0 spiro atoms. The smallest absolute Gasteiger partial charge is 0.240 e. The Kier molecular flexibility index (Phi) is 5.64. The average Bonchev–Trinajstić information content (AvgIpc) is 3.09. The van der Waals surface area contributed by atoms with Crippen molar-refractivity contribution in [2.24, 2.45) is 0 Å². The van der Waals surface area contributed by atoms with Gasteiger partial charge in [0, 0.05) is 23.7 Å². The van der Waals surface area contributed by atoms with E-state index in [0.717, 1.165) is 28.0 Å². The molecule has 0 aliphatic carbocycles. The molecule has 0 amide bonds. The van der Waals surface area contributed by atoms with E-state index >= 15 is 0 Å². The molecule has 7 heteroatoms. The number of aromatic nitrogens is 2. The van der Waals surface area contributed by atoms with Crippen molar-refractivity contribution in [1.29, 1.82) is 0 Å². The van der Waals surface area contributed by atoms with E-state index in [0.29, 0.717) is 11.6 Å². The number of nitrogens with one attached hydrogen (secondary N) is 1. The number of hydrogen-bond acceptors (Lipinski definition) is 3. The summed E-state index contributed by atoms with van der Waals surface area (Å²) in [6, 6.07) is 20.8. The number of fused-ring (bicyclic) bond motifs is 1. The summed E-state index contributed by atoms with van der Waals surface area (Å²) < 4.78 is 30.1. The Bertz CT molecular complexity index is 1310. The predicted molar refractivity (Wildman–Crippen MR) is 121 cm³/mol. The monoisotopic (exact) mass is 439 g/mol. The zero-order valence-corrected chi connectivity index (χ0v) is 18.3. The van der Waals surface area contributed by atoms with Gasteiger partial charge in [-0.3, -0.25) is 0 Å². The Morgan fingerprint density at radius 3 is 2.47 bits per heavy atom. The summed E-state index contributed by atoms with van der Waals surface area (Å²) in [7, 11) is -3.66. The van der Waals surface area contributed by atoms with Gasteiger partial charge in [-0.1, -0.05) is 59.6 Å². The number of para-hydroxylation sites is 2. The zero-order valence-electron chi connectivity index (χ0n) is 16.8. The Morgan fingerprint density at radius 1 is 1.00 bits per heavy atom. The maximum atomic E-state index is 12.7. The van der Waals surface area contributed by atoms with Gasteiger partial charge in [0.2, 0.25) is 10.0 Å². The van der Waals surface area contributed by atoms with Gasteiger partial charge in [0.15, 0.2) is 0 Å². The van der Waals surface area contributed by atoms with Crippen LogP contribution in [0.2, 0.25) is 5.02 Å². The fourth-order valence-corrected chi connectivity index (χ4v) is 4.63. The standard InChI is InChI=1S/C23H22ClN3O2S/c1-16-7-10-18(11-8-16)23-26-21-5-3-4-6-22(21)27(23)14-13-25-30(28,29)19-12-9-17(2)20(24)15-19/h3-12,15,25H,13-14H2,1-2H3. The summed E-state index contributed by atoms with van der Waals surface area (Å²) in [5, 5.41) is 0.431. The van der Waals surface area contributed by atoms with Crippen molar-refractivity contribution < 1.29 is 8.42 Å². The first-order valence-corrected chi connectivity index (χ1v) is 11.5. The molecule has 5 nitrogen and oxygen atoms in total. The van der Waals surface area contributed by atoms with Crippen molar-refractivity contribution >= 4 is 32.7 Å². The highest BCUT2D eigenvalue weighted by atomic mass is 35.5. The third kappa shape index (κ3) is 4.12. The van der Waals surface area contributed by atoms with Crippen molar-refractivity contribution in [3.8, 4) is 11.4 Å². The number of benzene rings is 3. The third-order valence-corrected chi connectivity index (χ3v) is 6.91. The van der Waals surface area contributed by atoms with Gasteiger partial charge in [0.05, 0.1) is 15.9 Å². The van der Waals surface area contributed by atoms with Crippen LogP contribution in [0.1, 0.15) is 11.1 Å². The van der Waals surface area contributed by atoms with Gasteiger partial charge in [0.1, 0.15) is 5.82 Å². The Morgan fingerprint density at radius 2 is 1.73 bits per heavy atom. The zero-order chi connectivity index (χ0) is 21.3. The lowest BCUT2D eigenvalue weighted by Crippen LogP contribution is -2.27. The van der Waals surface area contributed by atoms with Crippen LogP contribution in [-0.4, -0.2) is 24.5 Å². The highest BCUT2D eigenvalue weighted by Gasteiger charge is 2.16. The van der Waals surface area contributed by atoms with Gasteiger partial charge in [0.25, 0.3) is 0 Å². The molecule has 0 unspecified atom stereocenters. The van der Waals surface area contributed by atoms with Gasteiger partial charge in [-0.05, 0) is 43.7 Å². The Labute approximate surface area is 181 Å². The van der Waals surface area contributed by atoms with Crippen molar-refractivity contribution in [2.75, 3.05) is 6.54 Å². The number of halogens is 1. The summed E-state index contributed by atoms with van der Waals surface area (Å²) in [5.74, 6) is 0.814. The number of rotatable bonds is 6. The SMILES string of the molecule is Cc1ccc(-c2nc3ccccc3n2CCNS(=O)(=O)c2ccc(C)c(Cl)c2)cc1. The Balaban J connectivity index is 1.61. The molecule has 1 aromatic heterocycles. The molecular formula is C23H22ClN3O2S. The highest BCUT2D eigenvalue weighted by Crippen LogP contribution is 2.25. The van der Waals surface area contributed by atoms with Crippen LogP contribution < -0.4 is 4.72 Å². The first-order valence-electron chi connectivity index (χ1n) is 9.63. The number of aryl methyl sites for hydroxylation is 2. The molecule has 154 valence electrons. The normalized spacial score (nSPS) is 11.8. The van der Waals surface area contributed by atoms with Crippen LogP contribution in [0.25, 0.3) is 22.4 Å². The molecule has 0 fully saturated rings. The molecule has 30 heavy (non-hydrogen) atoms. The van der Waals surface area contributed by atoms with Crippen molar-refractivity contribution in [1.82, 2.24) is 14.3 Å². The molecule has 0 aliphatic heterocycles. The second kappa shape index (κ2) is 8.22. The lowest BCUT2D eigenvalue weighted by atomic mass is 10.1. The average molecular weight is 440 g/mol. The van der Waals surface area contributed by atoms with Crippen LogP contribution in [0.3, 0.4) is 0 Å².